The van der Waals surface area contributed by atoms with Gasteiger partial charge in [-0.05, 0) is 32.8 Å². The van der Waals surface area contributed by atoms with Gasteiger partial charge in [-0.1, -0.05) is 12.1 Å². The van der Waals surface area contributed by atoms with E-state index in [1.165, 1.54) is 6.07 Å². The number of anilines is 1. The van der Waals surface area contributed by atoms with E-state index in [0.29, 0.717) is 18.7 Å². The predicted molar refractivity (Wildman–Crippen MR) is 83.1 cm³/mol. The third-order valence-corrected chi connectivity index (χ3v) is 3.52. The number of carbonyl (C=O) groups is 1. The first kappa shape index (κ1) is 16.1. The molecule has 1 aromatic carbocycles. The molecule has 0 saturated heterocycles. The van der Waals surface area contributed by atoms with Crippen LogP contribution in [-0.4, -0.2) is 41.2 Å². The molecule has 2 rings (SSSR count). The van der Waals surface area contributed by atoms with Crippen molar-refractivity contribution in [3.05, 3.63) is 33.9 Å². The maximum atomic E-state index is 12.1. The number of benzene rings is 1. The maximum absolute atomic E-state index is 12.1. The van der Waals surface area contributed by atoms with Crippen LogP contribution in [0, 0.1) is 10.1 Å². The molecule has 120 valence electrons. The van der Waals surface area contributed by atoms with Crippen LogP contribution in [0.2, 0.25) is 0 Å². The summed E-state index contributed by atoms with van der Waals surface area (Å²) in [4.78, 5) is 24.3. The van der Waals surface area contributed by atoms with Gasteiger partial charge in [0.2, 0.25) is 0 Å². The summed E-state index contributed by atoms with van der Waals surface area (Å²) in [5.41, 5.74) is 0.891. The van der Waals surface area contributed by atoms with Gasteiger partial charge in [-0.3, -0.25) is 10.1 Å². The lowest BCUT2D eigenvalue weighted by molar-refractivity contribution is -0.384. The van der Waals surface area contributed by atoms with Crippen molar-refractivity contribution in [2.45, 2.75) is 38.8 Å². The van der Waals surface area contributed by atoms with Crippen molar-refractivity contribution >= 4 is 17.5 Å². The molecule has 1 aliphatic heterocycles. The van der Waals surface area contributed by atoms with Gasteiger partial charge in [0.05, 0.1) is 11.0 Å². The molecule has 0 aromatic heterocycles. The quantitative estimate of drug-likeness (QED) is 0.671. The highest BCUT2D eigenvalue weighted by molar-refractivity contribution is 5.71. The first-order valence-corrected chi connectivity index (χ1v) is 7.15. The van der Waals surface area contributed by atoms with Crippen LogP contribution in [0.4, 0.5) is 16.2 Å². The Bertz CT molecular complexity index is 595. The second-order valence-corrected chi connectivity index (χ2v) is 6.40. The lowest BCUT2D eigenvalue weighted by atomic mass is 9.98. The highest BCUT2D eigenvalue weighted by atomic mass is 16.6. The number of nitrogens with one attached hydrogen (secondary N) is 1. The van der Waals surface area contributed by atoms with E-state index >= 15 is 0 Å². The Labute approximate surface area is 129 Å². The molecule has 7 nitrogen and oxygen atoms in total. The van der Waals surface area contributed by atoms with Gasteiger partial charge >= 0.3 is 6.09 Å². The van der Waals surface area contributed by atoms with Crippen LogP contribution in [0.3, 0.4) is 0 Å². The molecule has 1 heterocycles. The number of para-hydroxylation sites is 1. The highest BCUT2D eigenvalue weighted by Crippen LogP contribution is 2.32. The fourth-order valence-corrected chi connectivity index (χ4v) is 2.42. The highest BCUT2D eigenvalue weighted by Gasteiger charge is 2.30. The third kappa shape index (κ3) is 3.47. The van der Waals surface area contributed by atoms with Crippen LogP contribution in [0.15, 0.2) is 18.2 Å². The Morgan fingerprint density at radius 3 is 2.73 bits per heavy atom. The number of fused-ring (bicyclic) bond motifs is 1. The fourth-order valence-electron chi connectivity index (χ4n) is 2.42. The van der Waals surface area contributed by atoms with Gasteiger partial charge < -0.3 is 15.0 Å². The number of nitro groups is 1. The van der Waals surface area contributed by atoms with Gasteiger partial charge in [0.25, 0.3) is 5.69 Å². The molecule has 0 fully saturated rings. The Morgan fingerprint density at radius 1 is 1.45 bits per heavy atom. The van der Waals surface area contributed by atoms with E-state index < -0.39 is 16.6 Å². The van der Waals surface area contributed by atoms with Crippen LogP contribution in [0.25, 0.3) is 0 Å². The number of hydrogen-bond donors (Lipinski definition) is 1. The smallest absolute Gasteiger partial charge is 0.410 e. The van der Waals surface area contributed by atoms with Crippen molar-refractivity contribution < 1.29 is 14.5 Å². The van der Waals surface area contributed by atoms with E-state index in [1.807, 2.05) is 26.8 Å². The van der Waals surface area contributed by atoms with Crippen LogP contribution in [-0.2, 0) is 11.2 Å². The minimum atomic E-state index is -0.551. The molecule has 1 aromatic rings. The first-order chi connectivity index (χ1) is 10.2. The molecule has 22 heavy (non-hydrogen) atoms. The molecule has 1 N–H and O–H groups in total. The van der Waals surface area contributed by atoms with Crippen molar-refractivity contribution in [1.82, 2.24) is 4.90 Å². The predicted octanol–water partition coefficient (Wildman–Crippen LogP) is 2.80. The number of amides is 1. The van der Waals surface area contributed by atoms with E-state index in [0.717, 1.165) is 5.56 Å². The number of likely N-dealkylation sites (N-methyl/N-ethyl adjacent to an activating group) is 1. The summed E-state index contributed by atoms with van der Waals surface area (Å²) in [5, 5.41) is 14.1. The molecule has 0 radical (unpaired) electrons. The summed E-state index contributed by atoms with van der Waals surface area (Å²) in [6.45, 7) is 5.90. The van der Waals surface area contributed by atoms with E-state index in [9.17, 15) is 14.9 Å². The molecular weight excluding hydrogens is 286 g/mol. The summed E-state index contributed by atoms with van der Waals surface area (Å²) in [7, 11) is 1.68. The third-order valence-electron chi connectivity index (χ3n) is 3.52. The summed E-state index contributed by atoms with van der Waals surface area (Å²) < 4.78 is 5.35. The van der Waals surface area contributed by atoms with E-state index in [2.05, 4.69) is 5.32 Å². The fraction of sp³-hybridized carbons (Fsp3) is 0.533. The molecule has 0 saturated carbocycles. The summed E-state index contributed by atoms with van der Waals surface area (Å²) in [5.74, 6) is 0. The molecule has 0 aliphatic carbocycles. The summed E-state index contributed by atoms with van der Waals surface area (Å²) in [6, 6.07) is 4.87. The lowest BCUT2D eigenvalue weighted by Crippen LogP contribution is -2.46. The monoisotopic (exact) mass is 307 g/mol. The van der Waals surface area contributed by atoms with Gasteiger partial charge in [0.1, 0.15) is 11.3 Å². The second-order valence-electron chi connectivity index (χ2n) is 6.40. The first-order valence-electron chi connectivity index (χ1n) is 7.15. The SMILES string of the molecule is CN(C(=O)OC(C)(C)C)[C@@H]1CNc2c(cccc2[N+](=O)[O-])C1. The van der Waals surface area contributed by atoms with Crippen LogP contribution < -0.4 is 5.32 Å². The number of nitro benzene ring substituents is 1. The number of nitrogens with zero attached hydrogens (tertiary/aromatic N) is 2. The molecule has 1 aliphatic rings. The standard InChI is InChI=1S/C15H21N3O4/c1-15(2,3)22-14(19)17(4)11-8-10-6-5-7-12(18(20)21)13(10)16-9-11/h5-7,11,16H,8-9H2,1-4H3/t11-/m0/s1. The lowest BCUT2D eigenvalue weighted by Gasteiger charge is -2.34. The Kier molecular flexibility index (Phi) is 4.25. The molecule has 0 spiro atoms. The number of rotatable bonds is 2. The van der Waals surface area contributed by atoms with Crippen LogP contribution >= 0.6 is 0 Å². The molecule has 1 atom stereocenters. The average molecular weight is 307 g/mol. The molecule has 0 unspecified atom stereocenters. The van der Waals surface area contributed by atoms with Gasteiger partial charge in [-0.2, -0.15) is 0 Å². The van der Waals surface area contributed by atoms with Crippen molar-refractivity contribution in [3.63, 3.8) is 0 Å². The largest absolute Gasteiger partial charge is 0.444 e. The number of hydrogen-bond acceptors (Lipinski definition) is 5. The van der Waals surface area contributed by atoms with Gasteiger partial charge in [-0.15, -0.1) is 0 Å². The maximum Gasteiger partial charge on any atom is 0.410 e. The second kappa shape index (κ2) is 5.82. The zero-order valence-corrected chi connectivity index (χ0v) is 13.3. The van der Waals surface area contributed by atoms with Crippen molar-refractivity contribution in [1.29, 1.82) is 0 Å². The van der Waals surface area contributed by atoms with Crippen molar-refractivity contribution in [3.8, 4) is 0 Å². The van der Waals surface area contributed by atoms with Gasteiger partial charge in [0, 0.05) is 19.7 Å². The van der Waals surface area contributed by atoms with Crippen LogP contribution in [0.1, 0.15) is 26.3 Å². The van der Waals surface area contributed by atoms with Crippen molar-refractivity contribution in [2.75, 3.05) is 18.9 Å². The Balaban J connectivity index is 2.14. The summed E-state index contributed by atoms with van der Waals surface area (Å²) >= 11 is 0. The Morgan fingerprint density at radius 2 is 2.14 bits per heavy atom. The topological polar surface area (TPSA) is 84.7 Å². The Hall–Kier alpha value is -2.31. The number of ether oxygens (including phenoxy) is 1. The number of carbonyl (C=O) groups excluding carboxylic acids is 1. The molecule has 7 heteroatoms. The van der Waals surface area contributed by atoms with Crippen LogP contribution in [0.5, 0.6) is 0 Å². The van der Waals surface area contributed by atoms with Gasteiger partial charge in [-0.25, -0.2) is 4.79 Å². The van der Waals surface area contributed by atoms with Gasteiger partial charge in [0.15, 0.2) is 0 Å². The van der Waals surface area contributed by atoms with Crippen molar-refractivity contribution in [2.24, 2.45) is 0 Å². The van der Waals surface area contributed by atoms with E-state index in [-0.39, 0.29) is 11.7 Å². The van der Waals surface area contributed by atoms with E-state index in [1.54, 1.807) is 18.0 Å². The zero-order valence-electron chi connectivity index (χ0n) is 13.3. The molecule has 0 bridgehead atoms. The molecular formula is C15H21N3O4. The van der Waals surface area contributed by atoms with E-state index in [4.69, 9.17) is 4.74 Å². The normalized spacial score (nSPS) is 17.2. The minimum Gasteiger partial charge on any atom is -0.444 e. The average Bonchev–Trinajstić information content (AvgIpc) is 2.43. The minimum absolute atomic E-state index is 0.0656. The summed E-state index contributed by atoms with van der Waals surface area (Å²) in [6.07, 6.45) is 0.160. The molecule has 1 amide bonds. The zero-order chi connectivity index (χ0) is 16.5.